The molecule has 0 spiro atoms. The lowest BCUT2D eigenvalue weighted by Crippen LogP contribution is -2.14. The molecule has 0 saturated heterocycles. The molecule has 0 saturated carbocycles. The predicted octanol–water partition coefficient (Wildman–Crippen LogP) is 3.43. The van der Waals surface area contributed by atoms with E-state index in [0.717, 1.165) is 11.1 Å². The minimum atomic E-state index is 0.186. The van der Waals surface area contributed by atoms with E-state index in [0.29, 0.717) is 29.2 Å². The van der Waals surface area contributed by atoms with Crippen molar-refractivity contribution in [1.82, 2.24) is 9.97 Å². The molecule has 112 valence electrons. The van der Waals surface area contributed by atoms with Crippen molar-refractivity contribution in [3.05, 3.63) is 46.2 Å². The number of benzene rings is 1. The molecule has 0 radical (unpaired) electrons. The summed E-state index contributed by atoms with van der Waals surface area (Å²) < 4.78 is 5.81. The molecule has 5 nitrogen and oxygen atoms in total. The van der Waals surface area contributed by atoms with E-state index < -0.39 is 0 Å². The summed E-state index contributed by atoms with van der Waals surface area (Å²) in [5.74, 6) is 7.49. The third-order valence-electron chi connectivity index (χ3n) is 3.04. The van der Waals surface area contributed by atoms with E-state index >= 15 is 0 Å². The van der Waals surface area contributed by atoms with Crippen LogP contribution >= 0.6 is 11.6 Å². The summed E-state index contributed by atoms with van der Waals surface area (Å²) in [6.07, 6.45) is 0. The number of nitrogen functional groups attached to an aromatic ring is 1. The topological polar surface area (TPSA) is 73.1 Å². The average Bonchev–Trinajstić information content (AvgIpc) is 2.46. The summed E-state index contributed by atoms with van der Waals surface area (Å²) in [7, 11) is 0. The predicted molar refractivity (Wildman–Crippen MR) is 84.5 cm³/mol. The molecule has 3 N–H and O–H groups in total. The first-order valence-electron chi connectivity index (χ1n) is 6.73. The normalized spacial score (nSPS) is 10.8. The Kier molecular flexibility index (Phi) is 4.98. The summed E-state index contributed by atoms with van der Waals surface area (Å²) in [5.41, 5.74) is 4.35. The first-order valence-corrected chi connectivity index (χ1v) is 7.11. The number of hydrazine groups is 1. The van der Waals surface area contributed by atoms with Gasteiger partial charge in [-0.2, -0.15) is 4.98 Å². The van der Waals surface area contributed by atoms with Crippen LogP contribution in [0.25, 0.3) is 0 Å². The first kappa shape index (κ1) is 15.5. The van der Waals surface area contributed by atoms with Crippen LogP contribution in [0.1, 0.15) is 36.7 Å². The highest BCUT2D eigenvalue weighted by Gasteiger charge is 2.13. The Bertz CT molecular complexity index is 631. The second-order valence-corrected chi connectivity index (χ2v) is 5.51. The van der Waals surface area contributed by atoms with Crippen LogP contribution in [0.15, 0.2) is 24.3 Å². The van der Waals surface area contributed by atoms with Gasteiger partial charge < -0.3 is 10.2 Å². The van der Waals surface area contributed by atoms with E-state index in [9.17, 15) is 0 Å². The number of hydrogen-bond donors (Lipinski definition) is 2. The Balaban J connectivity index is 2.24. The van der Waals surface area contributed by atoms with Crippen LogP contribution in [0.2, 0.25) is 5.02 Å². The lowest BCUT2D eigenvalue weighted by atomic mass is 10.2. The molecule has 1 aromatic carbocycles. The third-order valence-corrected chi connectivity index (χ3v) is 3.27. The number of ether oxygens (including phenoxy) is 1. The summed E-state index contributed by atoms with van der Waals surface area (Å²) in [4.78, 5) is 8.83. The Labute approximate surface area is 129 Å². The number of rotatable bonds is 5. The highest BCUT2D eigenvalue weighted by atomic mass is 35.5. The van der Waals surface area contributed by atoms with Gasteiger partial charge in [0.1, 0.15) is 18.2 Å². The molecule has 21 heavy (non-hydrogen) atoms. The number of anilines is 1. The van der Waals surface area contributed by atoms with Crippen molar-refractivity contribution >= 4 is 17.4 Å². The van der Waals surface area contributed by atoms with Gasteiger partial charge in [0.05, 0.1) is 5.56 Å². The maximum Gasteiger partial charge on any atom is 0.222 e. The van der Waals surface area contributed by atoms with Crippen LogP contribution in [-0.4, -0.2) is 9.97 Å². The Morgan fingerprint density at radius 1 is 1.33 bits per heavy atom. The summed E-state index contributed by atoms with van der Waals surface area (Å²) >= 11 is 5.96. The van der Waals surface area contributed by atoms with Gasteiger partial charge in [0.15, 0.2) is 0 Å². The fourth-order valence-electron chi connectivity index (χ4n) is 1.83. The van der Waals surface area contributed by atoms with Gasteiger partial charge in [0.25, 0.3) is 0 Å². The molecule has 2 aromatic rings. The number of nitrogens with two attached hydrogens (primary N) is 1. The first-order chi connectivity index (χ1) is 10.0. The minimum absolute atomic E-state index is 0.186. The van der Waals surface area contributed by atoms with Gasteiger partial charge in [-0.3, -0.25) is 0 Å². The highest BCUT2D eigenvalue weighted by Crippen LogP contribution is 2.25. The van der Waals surface area contributed by atoms with Gasteiger partial charge in [0, 0.05) is 10.9 Å². The quantitative estimate of drug-likeness (QED) is 0.654. The molecule has 0 aliphatic carbocycles. The van der Waals surface area contributed by atoms with Gasteiger partial charge in [-0.15, -0.1) is 0 Å². The van der Waals surface area contributed by atoms with E-state index in [1.54, 1.807) is 0 Å². The van der Waals surface area contributed by atoms with Crippen LogP contribution in [0, 0.1) is 6.92 Å². The molecular weight excluding hydrogens is 288 g/mol. The SMILES string of the molecule is Cc1c(NN)nc(C(C)C)nc1OCc1cccc(Cl)c1. The zero-order valence-corrected chi connectivity index (χ0v) is 13.1. The molecule has 1 heterocycles. The zero-order valence-electron chi connectivity index (χ0n) is 12.4. The molecular formula is C15H19ClN4O. The maximum atomic E-state index is 5.96. The molecule has 0 amide bonds. The van der Waals surface area contributed by atoms with Gasteiger partial charge in [-0.1, -0.05) is 37.6 Å². The summed E-state index contributed by atoms with van der Waals surface area (Å²) in [5, 5.41) is 0.683. The number of halogens is 1. The second kappa shape index (κ2) is 6.74. The molecule has 1 aromatic heterocycles. The largest absolute Gasteiger partial charge is 0.472 e. The highest BCUT2D eigenvalue weighted by molar-refractivity contribution is 6.30. The lowest BCUT2D eigenvalue weighted by Gasteiger charge is -2.14. The molecule has 2 rings (SSSR count). The molecule has 0 unspecified atom stereocenters. The Morgan fingerprint density at radius 3 is 2.71 bits per heavy atom. The van der Waals surface area contributed by atoms with Crippen molar-refractivity contribution in [2.24, 2.45) is 5.84 Å². The minimum Gasteiger partial charge on any atom is -0.472 e. The zero-order chi connectivity index (χ0) is 15.4. The molecule has 0 fully saturated rings. The van der Waals surface area contributed by atoms with Gasteiger partial charge in [0.2, 0.25) is 5.88 Å². The Morgan fingerprint density at radius 2 is 2.10 bits per heavy atom. The maximum absolute atomic E-state index is 5.96. The van der Waals surface area contributed by atoms with E-state index in [2.05, 4.69) is 15.4 Å². The van der Waals surface area contributed by atoms with Crippen LogP contribution < -0.4 is 16.0 Å². The van der Waals surface area contributed by atoms with Crippen molar-refractivity contribution in [3.63, 3.8) is 0 Å². The average molecular weight is 307 g/mol. The fourth-order valence-corrected chi connectivity index (χ4v) is 2.04. The van der Waals surface area contributed by atoms with E-state index in [1.165, 1.54) is 0 Å². The molecule has 0 atom stereocenters. The number of hydrogen-bond acceptors (Lipinski definition) is 5. The van der Waals surface area contributed by atoms with E-state index in [-0.39, 0.29) is 5.92 Å². The third kappa shape index (κ3) is 3.83. The van der Waals surface area contributed by atoms with Gasteiger partial charge in [-0.05, 0) is 24.6 Å². The smallest absolute Gasteiger partial charge is 0.222 e. The van der Waals surface area contributed by atoms with Crippen LogP contribution in [0.5, 0.6) is 5.88 Å². The van der Waals surface area contributed by atoms with Crippen LogP contribution in [0.4, 0.5) is 5.82 Å². The molecule has 0 bridgehead atoms. The number of nitrogens with one attached hydrogen (secondary N) is 1. The van der Waals surface area contributed by atoms with Crippen molar-refractivity contribution in [2.75, 3.05) is 5.43 Å². The lowest BCUT2D eigenvalue weighted by molar-refractivity contribution is 0.289. The van der Waals surface area contributed by atoms with Gasteiger partial charge in [-0.25, -0.2) is 10.8 Å². The molecule has 0 aliphatic heterocycles. The van der Waals surface area contributed by atoms with Crippen molar-refractivity contribution in [3.8, 4) is 5.88 Å². The van der Waals surface area contributed by atoms with E-state index in [1.807, 2.05) is 45.0 Å². The second-order valence-electron chi connectivity index (χ2n) is 5.08. The monoisotopic (exact) mass is 306 g/mol. The summed E-state index contributed by atoms with van der Waals surface area (Å²) in [6, 6.07) is 7.53. The fraction of sp³-hybridized carbons (Fsp3) is 0.333. The van der Waals surface area contributed by atoms with Crippen LogP contribution in [0.3, 0.4) is 0 Å². The summed E-state index contributed by atoms with van der Waals surface area (Å²) in [6.45, 7) is 6.30. The Hall–Kier alpha value is -1.85. The number of aromatic nitrogens is 2. The van der Waals surface area contributed by atoms with Crippen molar-refractivity contribution in [1.29, 1.82) is 0 Å². The van der Waals surface area contributed by atoms with Crippen LogP contribution in [-0.2, 0) is 6.61 Å². The van der Waals surface area contributed by atoms with Gasteiger partial charge >= 0.3 is 0 Å². The molecule has 6 heteroatoms. The van der Waals surface area contributed by atoms with Crippen molar-refractivity contribution in [2.45, 2.75) is 33.3 Å². The van der Waals surface area contributed by atoms with Crippen molar-refractivity contribution < 1.29 is 4.74 Å². The standard InChI is InChI=1S/C15H19ClN4O/c1-9(2)13-18-14(20-17)10(3)15(19-13)21-8-11-5-4-6-12(16)7-11/h4-7,9H,8,17H2,1-3H3,(H,18,19,20). The van der Waals surface area contributed by atoms with E-state index in [4.69, 9.17) is 22.2 Å². The number of nitrogens with zero attached hydrogens (tertiary/aromatic N) is 2. The molecule has 0 aliphatic rings.